The number of anilines is 2. The third-order valence-corrected chi connectivity index (χ3v) is 6.15. The largest absolute Gasteiger partial charge is 0.445 e. The first-order chi connectivity index (χ1) is 18.2. The van der Waals surface area contributed by atoms with Crippen LogP contribution >= 0.6 is 0 Å². The van der Waals surface area contributed by atoms with Crippen molar-refractivity contribution in [1.29, 1.82) is 0 Å². The minimum absolute atomic E-state index is 0.113. The van der Waals surface area contributed by atoms with E-state index in [-0.39, 0.29) is 12.5 Å². The fraction of sp³-hybridized carbons (Fsp3) is 0.0968. The smallest absolute Gasteiger partial charge is 0.408 e. The Labute approximate surface area is 215 Å². The van der Waals surface area contributed by atoms with Crippen molar-refractivity contribution in [3.05, 3.63) is 133 Å². The molecule has 1 aromatic heterocycles. The van der Waals surface area contributed by atoms with E-state index in [1.54, 1.807) is 4.90 Å². The van der Waals surface area contributed by atoms with E-state index in [2.05, 4.69) is 10.3 Å². The zero-order valence-electron chi connectivity index (χ0n) is 20.2. The number of ether oxygens (including phenoxy) is 1. The zero-order valence-corrected chi connectivity index (χ0v) is 20.2. The number of aromatic nitrogens is 1. The average Bonchev–Trinajstić information content (AvgIpc) is 3.36. The number of H-pyrrole nitrogens is 1. The minimum atomic E-state index is -0.872. The van der Waals surface area contributed by atoms with Crippen LogP contribution in [0.3, 0.4) is 0 Å². The molecule has 0 saturated carbocycles. The molecule has 2 amide bonds. The van der Waals surface area contributed by atoms with E-state index in [1.165, 1.54) is 0 Å². The van der Waals surface area contributed by atoms with E-state index < -0.39 is 12.1 Å². The number of carbonyl (C=O) groups excluding carboxylic acids is 2. The summed E-state index contributed by atoms with van der Waals surface area (Å²) in [7, 11) is 0. The average molecular weight is 490 g/mol. The van der Waals surface area contributed by atoms with Crippen LogP contribution < -0.4 is 10.2 Å². The Balaban J connectivity index is 1.45. The van der Waals surface area contributed by atoms with Crippen molar-refractivity contribution in [2.24, 2.45) is 0 Å². The molecule has 4 aromatic carbocycles. The second-order valence-electron chi connectivity index (χ2n) is 8.67. The Morgan fingerprint density at radius 3 is 1.97 bits per heavy atom. The quantitative estimate of drug-likeness (QED) is 0.266. The van der Waals surface area contributed by atoms with Crippen LogP contribution in [-0.2, 0) is 22.6 Å². The molecule has 6 nitrogen and oxygen atoms in total. The summed E-state index contributed by atoms with van der Waals surface area (Å²) in [6, 6.07) is 35.3. The zero-order chi connectivity index (χ0) is 25.5. The summed E-state index contributed by atoms with van der Waals surface area (Å²) in [6.07, 6.45) is 1.53. The van der Waals surface area contributed by atoms with E-state index in [9.17, 15) is 9.59 Å². The van der Waals surface area contributed by atoms with Gasteiger partial charge in [-0.15, -0.1) is 0 Å². The molecule has 1 unspecified atom stereocenters. The molecule has 0 spiro atoms. The Morgan fingerprint density at radius 2 is 1.32 bits per heavy atom. The second-order valence-corrected chi connectivity index (χ2v) is 8.67. The summed E-state index contributed by atoms with van der Waals surface area (Å²) in [5.41, 5.74) is 4.19. The number of alkyl carbamates (subject to hydrolysis) is 1. The monoisotopic (exact) mass is 489 g/mol. The van der Waals surface area contributed by atoms with Crippen molar-refractivity contribution in [2.45, 2.75) is 19.1 Å². The minimum Gasteiger partial charge on any atom is -0.445 e. The molecule has 5 rings (SSSR count). The number of carbonyl (C=O) groups is 2. The van der Waals surface area contributed by atoms with Gasteiger partial charge in [-0.1, -0.05) is 84.9 Å². The fourth-order valence-corrected chi connectivity index (χ4v) is 4.34. The number of benzene rings is 4. The molecular formula is C31H27N3O3. The van der Waals surface area contributed by atoms with Gasteiger partial charge in [0, 0.05) is 34.9 Å². The van der Waals surface area contributed by atoms with Gasteiger partial charge < -0.3 is 15.0 Å². The van der Waals surface area contributed by atoms with Gasteiger partial charge >= 0.3 is 6.09 Å². The van der Waals surface area contributed by atoms with Crippen LogP contribution in [0.15, 0.2) is 121 Å². The molecule has 184 valence electrons. The molecule has 0 radical (unpaired) electrons. The molecule has 6 heteroatoms. The Bertz CT molecular complexity index is 1430. The highest BCUT2D eigenvalue weighted by Gasteiger charge is 2.29. The lowest BCUT2D eigenvalue weighted by atomic mass is 10.0. The molecule has 1 heterocycles. The molecular weight excluding hydrogens is 462 g/mol. The molecule has 0 bridgehead atoms. The van der Waals surface area contributed by atoms with Gasteiger partial charge in [-0.25, -0.2) is 4.79 Å². The number of hydrogen-bond acceptors (Lipinski definition) is 3. The van der Waals surface area contributed by atoms with Crippen molar-refractivity contribution in [3.8, 4) is 0 Å². The molecule has 0 aliphatic carbocycles. The lowest BCUT2D eigenvalue weighted by Gasteiger charge is -2.28. The summed E-state index contributed by atoms with van der Waals surface area (Å²) < 4.78 is 5.48. The summed E-state index contributed by atoms with van der Waals surface area (Å²) in [5.74, 6) is -0.264. The van der Waals surface area contributed by atoms with Crippen molar-refractivity contribution in [1.82, 2.24) is 10.3 Å². The number of rotatable bonds is 8. The SMILES string of the molecule is O=C(NC(Cc1c[nH]c2ccccc12)C(=O)N(c1ccccc1)c1ccccc1)OCc1ccccc1. The summed E-state index contributed by atoms with van der Waals surface area (Å²) in [4.78, 5) is 32.0. The molecule has 1 atom stereocenters. The maximum atomic E-state index is 14.2. The van der Waals surface area contributed by atoms with Gasteiger partial charge in [0.15, 0.2) is 0 Å². The van der Waals surface area contributed by atoms with Crippen LogP contribution in [0, 0.1) is 0 Å². The Morgan fingerprint density at radius 1 is 0.757 bits per heavy atom. The maximum absolute atomic E-state index is 14.2. The van der Waals surface area contributed by atoms with Crippen LogP contribution in [0.2, 0.25) is 0 Å². The third kappa shape index (κ3) is 5.70. The van der Waals surface area contributed by atoms with E-state index in [4.69, 9.17) is 4.74 Å². The van der Waals surface area contributed by atoms with Crippen LogP contribution in [-0.4, -0.2) is 23.0 Å². The first-order valence-corrected chi connectivity index (χ1v) is 12.2. The van der Waals surface area contributed by atoms with Crippen molar-refractivity contribution in [2.75, 3.05) is 4.90 Å². The van der Waals surface area contributed by atoms with Gasteiger partial charge in [0.1, 0.15) is 12.6 Å². The predicted octanol–water partition coefficient (Wildman–Crippen LogP) is 6.37. The number of aromatic amines is 1. The van der Waals surface area contributed by atoms with Crippen LogP contribution in [0.4, 0.5) is 16.2 Å². The number of fused-ring (bicyclic) bond motifs is 1. The first kappa shape index (κ1) is 23.9. The maximum Gasteiger partial charge on any atom is 0.408 e. The molecule has 0 aliphatic rings. The van der Waals surface area contributed by atoms with E-state index in [1.807, 2.05) is 121 Å². The second kappa shape index (κ2) is 11.3. The fourth-order valence-electron chi connectivity index (χ4n) is 4.34. The Kier molecular flexibility index (Phi) is 7.27. The predicted molar refractivity (Wildman–Crippen MR) is 146 cm³/mol. The van der Waals surface area contributed by atoms with Crippen LogP contribution in [0.25, 0.3) is 10.9 Å². The van der Waals surface area contributed by atoms with Gasteiger partial charge in [-0.2, -0.15) is 0 Å². The normalized spacial score (nSPS) is 11.6. The number of para-hydroxylation sites is 3. The molecule has 37 heavy (non-hydrogen) atoms. The van der Waals surface area contributed by atoms with Gasteiger partial charge in [0.25, 0.3) is 5.91 Å². The number of nitrogens with one attached hydrogen (secondary N) is 2. The number of amides is 2. The van der Waals surface area contributed by atoms with Crippen LogP contribution in [0.5, 0.6) is 0 Å². The lowest BCUT2D eigenvalue weighted by molar-refractivity contribution is -0.119. The van der Waals surface area contributed by atoms with E-state index in [0.717, 1.165) is 22.0 Å². The highest BCUT2D eigenvalue weighted by molar-refractivity contribution is 6.05. The van der Waals surface area contributed by atoms with Crippen molar-refractivity contribution in [3.63, 3.8) is 0 Å². The molecule has 0 saturated heterocycles. The number of hydrogen-bond donors (Lipinski definition) is 2. The summed E-state index contributed by atoms with van der Waals surface area (Å²) in [5, 5.41) is 3.85. The lowest BCUT2D eigenvalue weighted by Crippen LogP contribution is -2.48. The summed E-state index contributed by atoms with van der Waals surface area (Å²) in [6.45, 7) is 0.113. The van der Waals surface area contributed by atoms with Crippen LogP contribution in [0.1, 0.15) is 11.1 Å². The summed E-state index contributed by atoms with van der Waals surface area (Å²) >= 11 is 0. The van der Waals surface area contributed by atoms with Crippen molar-refractivity contribution >= 4 is 34.3 Å². The molecule has 0 aliphatic heterocycles. The van der Waals surface area contributed by atoms with Gasteiger partial charge in [-0.05, 0) is 41.5 Å². The Hall–Kier alpha value is -4.84. The van der Waals surface area contributed by atoms with Crippen molar-refractivity contribution < 1.29 is 14.3 Å². The molecule has 2 N–H and O–H groups in total. The number of nitrogens with zero attached hydrogens (tertiary/aromatic N) is 1. The standard InChI is InChI=1S/C31H27N3O3/c35-30(34(25-14-6-2-7-15-25)26-16-8-3-9-17-26)29(20-24-21-32-28-19-11-10-18-27(24)28)33-31(36)37-22-23-12-4-1-5-13-23/h1-19,21,29,32H,20,22H2,(H,33,36). The molecule has 5 aromatic rings. The highest BCUT2D eigenvalue weighted by Crippen LogP contribution is 2.27. The topological polar surface area (TPSA) is 74.4 Å². The van der Waals surface area contributed by atoms with Gasteiger partial charge in [0.05, 0.1) is 0 Å². The first-order valence-electron chi connectivity index (χ1n) is 12.2. The van der Waals surface area contributed by atoms with E-state index in [0.29, 0.717) is 17.8 Å². The van der Waals surface area contributed by atoms with E-state index >= 15 is 0 Å². The van der Waals surface area contributed by atoms with Gasteiger partial charge in [-0.3, -0.25) is 9.69 Å². The third-order valence-electron chi connectivity index (χ3n) is 6.15. The van der Waals surface area contributed by atoms with Gasteiger partial charge in [0.2, 0.25) is 0 Å². The molecule has 0 fully saturated rings. The highest BCUT2D eigenvalue weighted by atomic mass is 16.5.